The van der Waals surface area contributed by atoms with E-state index < -0.39 is 0 Å². The summed E-state index contributed by atoms with van der Waals surface area (Å²) in [5.74, 6) is 1.07. The maximum atomic E-state index is 12.1. The molecule has 1 aliphatic rings. The van der Waals surface area contributed by atoms with Crippen molar-refractivity contribution in [2.24, 2.45) is 0 Å². The number of benzene rings is 2. The first kappa shape index (κ1) is 11.0. The van der Waals surface area contributed by atoms with Gasteiger partial charge < -0.3 is 4.74 Å². The number of para-hydroxylation sites is 1. The highest BCUT2D eigenvalue weighted by atomic mass is 16.5. The monoisotopic (exact) mass is 238 g/mol. The lowest BCUT2D eigenvalue weighted by molar-refractivity contribution is 0.0924. The molecule has 0 saturated heterocycles. The highest BCUT2D eigenvalue weighted by Gasteiger charge is 2.24. The predicted octanol–water partition coefficient (Wildman–Crippen LogP) is 3.26. The second-order valence-corrected chi connectivity index (χ2v) is 4.55. The van der Waals surface area contributed by atoms with Gasteiger partial charge in [0.05, 0.1) is 0 Å². The summed E-state index contributed by atoms with van der Waals surface area (Å²) in [6, 6.07) is 17.4. The SMILES string of the molecule is O=C(C[C@@H]1Cc2ccccc2O1)c1ccccc1. The molecule has 0 aromatic heterocycles. The third kappa shape index (κ3) is 2.14. The third-order valence-electron chi connectivity index (χ3n) is 3.22. The van der Waals surface area contributed by atoms with Gasteiger partial charge >= 0.3 is 0 Å². The number of hydrogen-bond acceptors (Lipinski definition) is 2. The first-order valence-electron chi connectivity index (χ1n) is 6.16. The molecule has 3 rings (SSSR count). The van der Waals surface area contributed by atoms with E-state index in [2.05, 4.69) is 6.07 Å². The molecular weight excluding hydrogens is 224 g/mol. The molecule has 2 aromatic rings. The molecule has 0 spiro atoms. The average molecular weight is 238 g/mol. The van der Waals surface area contributed by atoms with Crippen molar-refractivity contribution in [2.75, 3.05) is 0 Å². The molecule has 0 saturated carbocycles. The largest absolute Gasteiger partial charge is 0.489 e. The van der Waals surface area contributed by atoms with Gasteiger partial charge in [-0.1, -0.05) is 48.5 Å². The number of rotatable bonds is 3. The zero-order valence-electron chi connectivity index (χ0n) is 10.0. The van der Waals surface area contributed by atoms with Gasteiger partial charge in [-0.3, -0.25) is 4.79 Å². The lowest BCUT2D eigenvalue weighted by atomic mass is 10.0. The van der Waals surface area contributed by atoms with Crippen molar-refractivity contribution in [3.63, 3.8) is 0 Å². The molecule has 2 nitrogen and oxygen atoms in total. The average Bonchev–Trinajstić information content (AvgIpc) is 2.82. The van der Waals surface area contributed by atoms with E-state index in [1.165, 1.54) is 5.56 Å². The summed E-state index contributed by atoms with van der Waals surface area (Å²) < 4.78 is 5.78. The molecule has 0 unspecified atom stereocenters. The summed E-state index contributed by atoms with van der Waals surface area (Å²) in [4.78, 5) is 12.1. The van der Waals surface area contributed by atoms with Gasteiger partial charge in [0.2, 0.25) is 0 Å². The lowest BCUT2D eigenvalue weighted by Crippen LogP contribution is -2.18. The van der Waals surface area contributed by atoms with Crippen LogP contribution >= 0.6 is 0 Å². The molecule has 2 heteroatoms. The van der Waals surface area contributed by atoms with E-state index >= 15 is 0 Å². The molecular formula is C16H14O2. The Hall–Kier alpha value is -2.09. The van der Waals surface area contributed by atoms with Crippen LogP contribution in [0.3, 0.4) is 0 Å². The fourth-order valence-corrected chi connectivity index (χ4v) is 2.32. The summed E-state index contributed by atoms with van der Waals surface area (Å²) in [5, 5.41) is 0. The second-order valence-electron chi connectivity index (χ2n) is 4.55. The van der Waals surface area contributed by atoms with Crippen LogP contribution in [-0.4, -0.2) is 11.9 Å². The van der Waals surface area contributed by atoms with Crippen molar-refractivity contribution >= 4 is 5.78 Å². The van der Waals surface area contributed by atoms with Crippen molar-refractivity contribution in [3.8, 4) is 5.75 Å². The van der Waals surface area contributed by atoms with E-state index in [4.69, 9.17) is 4.74 Å². The molecule has 1 heterocycles. The van der Waals surface area contributed by atoms with Crippen molar-refractivity contribution in [2.45, 2.75) is 18.9 Å². The standard InChI is InChI=1S/C16H14O2/c17-15(12-6-2-1-3-7-12)11-14-10-13-8-4-5-9-16(13)18-14/h1-9,14H,10-11H2/t14-/m0/s1. The fraction of sp³-hybridized carbons (Fsp3) is 0.188. The molecule has 90 valence electrons. The number of carbonyl (C=O) groups excluding carboxylic acids is 1. The maximum absolute atomic E-state index is 12.1. The Labute approximate surface area is 106 Å². The molecule has 1 aliphatic heterocycles. The highest BCUT2D eigenvalue weighted by Crippen LogP contribution is 2.29. The topological polar surface area (TPSA) is 26.3 Å². The van der Waals surface area contributed by atoms with Crippen molar-refractivity contribution in [1.82, 2.24) is 0 Å². The zero-order chi connectivity index (χ0) is 12.4. The first-order valence-corrected chi connectivity index (χ1v) is 6.16. The van der Waals surface area contributed by atoms with Crippen LogP contribution in [0, 0.1) is 0 Å². The molecule has 0 amide bonds. The number of hydrogen-bond donors (Lipinski definition) is 0. The number of ketones is 1. The number of carbonyl (C=O) groups is 1. The van der Waals surface area contributed by atoms with Gasteiger partial charge in [-0.25, -0.2) is 0 Å². The Morgan fingerprint density at radius 2 is 1.78 bits per heavy atom. The van der Waals surface area contributed by atoms with Crippen LogP contribution in [0.15, 0.2) is 54.6 Å². The number of Topliss-reactive ketones (excluding diaryl/α,β-unsaturated/α-hetero) is 1. The molecule has 1 atom stereocenters. The van der Waals surface area contributed by atoms with E-state index in [9.17, 15) is 4.79 Å². The summed E-state index contributed by atoms with van der Waals surface area (Å²) >= 11 is 0. The number of fused-ring (bicyclic) bond motifs is 1. The van der Waals surface area contributed by atoms with Crippen molar-refractivity contribution in [1.29, 1.82) is 0 Å². The van der Waals surface area contributed by atoms with Crippen LogP contribution in [0.25, 0.3) is 0 Å². The maximum Gasteiger partial charge on any atom is 0.166 e. The van der Waals surface area contributed by atoms with Gasteiger partial charge in [-0.2, -0.15) is 0 Å². The van der Waals surface area contributed by atoms with Crippen LogP contribution in [0.2, 0.25) is 0 Å². The lowest BCUT2D eigenvalue weighted by Gasteiger charge is -2.09. The van der Waals surface area contributed by atoms with Gasteiger partial charge in [-0.15, -0.1) is 0 Å². The smallest absolute Gasteiger partial charge is 0.166 e. The molecule has 0 N–H and O–H groups in total. The van der Waals surface area contributed by atoms with Crippen molar-refractivity contribution < 1.29 is 9.53 Å². The minimum Gasteiger partial charge on any atom is -0.489 e. The van der Waals surface area contributed by atoms with Gasteiger partial charge in [0, 0.05) is 18.4 Å². The Bertz CT molecular complexity index is 535. The van der Waals surface area contributed by atoms with E-state index in [1.807, 2.05) is 48.5 Å². The fourth-order valence-electron chi connectivity index (χ4n) is 2.32. The van der Waals surface area contributed by atoms with Crippen LogP contribution < -0.4 is 4.74 Å². The third-order valence-corrected chi connectivity index (χ3v) is 3.22. The van der Waals surface area contributed by atoms with E-state index in [1.54, 1.807) is 0 Å². The summed E-state index contributed by atoms with van der Waals surface area (Å²) in [5.41, 5.74) is 1.96. The molecule has 0 aliphatic carbocycles. The Morgan fingerprint density at radius 3 is 2.56 bits per heavy atom. The van der Waals surface area contributed by atoms with Gasteiger partial charge in [0.1, 0.15) is 11.9 Å². The van der Waals surface area contributed by atoms with E-state index in [0.29, 0.717) is 6.42 Å². The van der Waals surface area contributed by atoms with E-state index in [0.717, 1.165) is 17.7 Å². The van der Waals surface area contributed by atoms with Gasteiger partial charge in [0.15, 0.2) is 5.78 Å². The Morgan fingerprint density at radius 1 is 1.06 bits per heavy atom. The summed E-state index contributed by atoms with van der Waals surface area (Å²) in [6.07, 6.45) is 1.25. The quantitative estimate of drug-likeness (QED) is 0.767. The molecule has 0 fully saturated rings. The van der Waals surface area contributed by atoms with Crippen LogP contribution in [-0.2, 0) is 6.42 Å². The van der Waals surface area contributed by atoms with Gasteiger partial charge in [0.25, 0.3) is 0 Å². The first-order chi connectivity index (χ1) is 8.83. The van der Waals surface area contributed by atoms with Crippen LogP contribution in [0.1, 0.15) is 22.3 Å². The predicted molar refractivity (Wildman–Crippen MR) is 70.0 cm³/mol. The van der Waals surface area contributed by atoms with Crippen LogP contribution in [0.5, 0.6) is 5.75 Å². The molecule has 0 bridgehead atoms. The highest BCUT2D eigenvalue weighted by molar-refractivity contribution is 5.96. The van der Waals surface area contributed by atoms with E-state index in [-0.39, 0.29) is 11.9 Å². The second kappa shape index (κ2) is 4.65. The number of ether oxygens (including phenoxy) is 1. The Balaban J connectivity index is 1.68. The van der Waals surface area contributed by atoms with Gasteiger partial charge in [-0.05, 0) is 11.6 Å². The Kier molecular flexibility index (Phi) is 2.85. The summed E-state index contributed by atoms with van der Waals surface area (Å²) in [6.45, 7) is 0. The van der Waals surface area contributed by atoms with Crippen molar-refractivity contribution in [3.05, 3.63) is 65.7 Å². The minimum absolute atomic E-state index is 0.0184. The summed E-state index contributed by atoms with van der Waals surface area (Å²) in [7, 11) is 0. The molecule has 2 aromatic carbocycles. The van der Waals surface area contributed by atoms with Crippen LogP contribution in [0.4, 0.5) is 0 Å². The normalized spacial score (nSPS) is 17.0. The molecule has 18 heavy (non-hydrogen) atoms. The zero-order valence-corrected chi connectivity index (χ0v) is 10.0. The minimum atomic E-state index is -0.0184. The molecule has 0 radical (unpaired) electrons.